The molecule has 5 nitrogen and oxygen atoms in total. The van der Waals surface area contributed by atoms with E-state index in [9.17, 15) is 0 Å². The molecule has 2 saturated heterocycles. The molecule has 31 heavy (non-hydrogen) atoms. The molecule has 5 rings (SSSR count). The Balaban J connectivity index is 1.55. The third kappa shape index (κ3) is 4.40. The average Bonchev–Trinajstić information content (AvgIpc) is 3.25. The molecule has 3 aromatic rings. The lowest BCUT2D eigenvalue weighted by atomic mass is 9.95. The summed E-state index contributed by atoms with van der Waals surface area (Å²) in [7, 11) is 0. The zero-order chi connectivity index (χ0) is 21.2. The van der Waals surface area contributed by atoms with E-state index in [0.29, 0.717) is 6.04 Å². The number of aryl methyl sites for hydroxylation is 1. The van der Waals surface area contributed by atoms with E-state index < -0.39 is 0 Å². The minimum atomic E-state index is 0.441. The molecule has 160 valence electrons. The largest absolute Gasteiger partial charge is 0.398 e. The highest BCUT2D eigenvalue weighted by molar-refractivity contribution is 7.99. The van der Waals surface area contributed by atoms with Crippen LogP contribution >= 0.6 is 23.1 Å². The van der Waals surface area contributed by atoms with E-state index in [4.69, 9.17) is 15.7 Å². The Morgan fingerprint density at radius 1 is 1.19 bits per heavy atom. The summed E-state index contributed by atoms with van der Waals surface area (Å²) < 4.78 is 0. The first-order valence-electron chi connectivity index (χ1n) is 10.8. The minimum Gasteiger partial charge on any atom is -0.398 e. The zero-order valence-electron chi connectivity index (χ0n) is 17.7. The number of piperidine rings is 1. The molecule has 0 saturated carbocycles. The predicted molar refractivity (Wildman–Crippen MR) is 134 cm³/mol. The number of aromatic nitrogens is 2. The van der Waals surface area contributed by atoms with E-state index in [0.717, 1.165) is 62.7 Å². The van der Waals surface area contributed by atoms with Crippen LogP contribution in [0.2, 0.25) is 0 Å². The number of thioether (sulfide) groups is 1. The van der Waals surface area contributed by atoms with Gasteiger partial charge in [0.15, 0.2) is 0 Å². The SMILES string of the molecule is Cc1ncc(-c2cc3cccc(C(N)=C4CNCCC4=NC4CCSCC4)c3cn2)s1. The highest BCUT2D eigenvalue weighted by atomic mass is 32.2. The van der Waals surface area contributed by atoms with Gasteiger partial charge in [0.2, 0.25) is 0 Å². The van der Waals surface area contributed by atoms with Gasteiger partial charge in [-0.2, -0.15) is 11.8 Å². The van der Waals surface area contributed by atoms with Gasteiger partial charge in [-0.25, -0.2) is 4.98 Å². The smallest absolute Gasteiger partial charge is 0.0901 e. The Hall–Kier alpha value is -2.22. The molecular formula is C24H27N5S2. The molecule has 2 aromatic heterocycles. The van der Waals surface area contributed by atoms with Crippen molar-refractivity contribution in [2.45, 2.75) is 32.2 Å². The van der Waals surface area contributed by atoms with E-state index in [-0.39, 0.29) is 0 Å². The normalized spacial score (nSPS) is 21.0. The molecule has 2 aliphatic heterocycles. The summed E-state index contributed by atoms with van der Waals surface area (Å²) in [6.45, 7) is 3.75. The molecule has 3 N–H and O–H groups in total. The Kier molecular flexibility index (Phi) is 6.07. The van der Waals surface area contributed by atoms with E-state index in [1.807, 2.05) is 31.1 Å². The summed E-state index contributed by atoms with van der Waals surface area (Å²) in [6.07, 6.45) is 7.14. The number of thiazole rings is 1. The average molecular weight is 450 g/mol. The number of hydrogen-bond acceptors (Lipinski definition) is 7. The lowest BCUT2D eigenvalue weighted by Crippen LogP contribution is -2.33. The number of nitrogens with zero attached hydrogens (tertiary/aromatic N) is 3. The van der Waals surface area contributed by atoms with Gasteiger partial charge >= 0.3 is 0 Å². The summed E-state index contributed by atoms with van der Waals surface area (Å²) in [6, 6.07) is 8.89. The first kappa shape index (κ1) is 20.7. The number of rotatable bonds is 3. The number of nitrogens with one attached hydrogen (secondary N) is 1. The maximum absolute atomic E-state index is 6.80. The van der Waals surface area contributed by atoms with Gasteiger partial charge in [-0.1, -0.05) is 18.2 Å². The van der Waals surface area contributed by atoms with Crippen molar-refractivity contribution in [1.29, 1.82) is 0 Å². The Bertz CT molecular complexity index is 1160. The fraction of sp³-hybridized carbons (Fsp3) is 0.375. The highest BCUT2D eigenvalue weighted by Gasteiger charge is 2.21. The third-order valence-corrected chi connectivity index (χ3v) is 7.96. The van der Waals surface area contributed by atoms with Crippen molar-refractivity contribution in [2.24, 2.45) is 10.7 Å². The number of benzene rings is 1. The van der Waals surface area contributed by atoms with Gasteiger partial charge in [-0.05, 0) is 42.7 Å². The quantitative estimate of drug-likeness (QED) is 0.608. The second kappa shape index (κ2) is 9.10. The maximum Gasteiger partial charge on any atom is 0.0901 e. The van der Waals surface area contributed by atoms with E-state index in [1.54, 1.807) is 11.3 Å². The van der Waals surface area contributed by atoms with Crippen LogP contribution in [-0.4, -0.2) is 46.3 Å². The van der Waals surface area contributed by atoms with Crippen molar-refractivity contribution < 1.29 is 0 Å². The van der Waals surface area contributed by atoms with Gasteiger partial charge in [-0.3, -0.25) is 9.98 Å². The summed E-state index contributed by atoms with van der Waals surface area (Å²) in [4.78, 5) is 15.4. The molecule has 0 spiro atoms. The molecule has 2 aliphatic rings. The first-order chi connectivity index (χ1) is 15.2. The summed E-state index contributed by atoms with van der Waals surface area (Å²) in [5.41, 5.74) is 12.0. The van der Waals surface area contributed by atoms with Crippen LogP contribution in [0.4, 0.5) is 0 Å². The van der Waals surface area contributed by atoms with Gasteiger partial charge in [0.1, 0.15) is 0 Å². The van der Waals surface area contributed by atoms with Crippen LogP contribution < -0.4 is 11.1 Å². The van der Waals surface area contributed by atoms with Crippen LogP contribution in [0.3, 0.4) is 0 Å². The minimum absolute atomic E-state index is 0.441. The zero-order valence-corrected chi connectivity index (χ0v) is 19.4. The molecule has 0 radical (unpaired) electrons. The molecule has 0 atom stereocenters. The van der Waals surface area contributed by atoms with Gasteiger partial charge in [0.25, 0.3) is 0 Å². The maximum atomic E-state index is 6.80. The Labute approximate surface area is 191 Å². The molecule has 2 fully saturated rings. The van der Waals surface area contributed by atoms with E-state index in [2.05, 4.69) is 34.6 Å². The molecule has 1 aromatic carbocycles. The fourth-order valence-electron chi connectivity index (χ4n) is 4.28. The molecule has 0 unspecified atom stereocenters. The van der Waals surface area contributed by atoms with Crippen LogP contribution in [-0.2, 0) is 0 Å². The molecular weight excluding hydrogens is 422 g/mol. The van der Waals surface area contributed by atoms with Crippen LogP contribution in [0.25, 0.3) is 27.0 Å². The Morgan fingerprint density at radius 2 is 2.06 bits per heavy atom. The molecule has 7 heteroatoms. The monoisotopic (exact) mass is 449 g/mol. The van der Waals surface area contributed by atoms with Gasteiger partial charge < -0.3 is 11.1 Å². The lowest BCUT2D eigenvalue weighted by molar-refractivity contribution is 0.620. The summed E-state index contributed by atoms with van der Waals surface area (Å²) in [5.74, 6) is 2.43. The molecule has 0 amide bonds. The van der Waals surface area contributed by atoms with Crippen molar-refractivity contribution in [2.75, 3.05) is 24.6 Å². The highest BCUT2D eigenvalue weighted by Crippen LogP contribution is 2.31. The van der Waals surface area contributed by atoms with Crippen molar-refractivity contribution >= 4 is 45.3 Å². The lowest BCUT2D eigenvalue weighted by Gasteiger charge is -2.25. The Morgan fingerprint density at radius 3 is 2.87 bits per heavy atom. The van der Waals surface area contributed by atoms with Crippen LogP contribution in [0.15, 0.2) is 47.2 Å². The topological polar surface area (TPSA) is 76.2 Å². The van der Waals surface area contributed by atoms with Crippen LogP contribution in [0.5, 0.6) is 0 Å². The van der Waals surface area contributed by atoms with Crippen LogP contribution in [0, 0.1) is 6.92 Å². The predicted octanol–water partition coefficient (Wildman–Crippen LogP) is 4.67. The van der Waals surface area contributed by atoms with E-state index >= 15 is 0 Å². The fourth-order valence-corrected chi connectivity index (χ4v) is 6.11. The van der Waals surface area contributed by atoms with Crippen LogP contribution in [0.1, 0.15) is 29.8 Å². The second-order valence-corrected chi connectivity index (χ2v) is 10.5. The third-order valence-electron chi connectivity index (χ3n) is 5.97. The molecule has 0 aliphatic carbocycles. The van der Waals surface area contributed by atoms with Gasteiger partial charge in [0, 0.05) is 59.8 Å². The summed E-state index contributed by atoms with van der Waals surface area (Å²) >= 11 is 3.70. The van der Waals surface area contributed by atoms with Crippen molar-refractivity contribution in [3.63, 3.8) is 0 Å². The number of aliphatic imine (C=N–C) groups is 1. The number of fused-ring (bicyclic) bond motifs is 1. The number of pyridine rings is 1. The van der Waals surface area contributed by atoms with E-state index in [1.165, 1.54) is 30.1 Å². The summed E-state index contributed by atoms with van der Waals surface area (Å²) in [5, 5.41) is 6.76. The van der Waals surface area contributed by atoms with Crippen molar-refractivity contribution in [1.82, 2.24) is 15.3 Å². The van der Waals surface area contributed by atoms with Gasteiger partial charge in [0.05, 0.1) is 21.6 Å². The van der Waals surface area contributed by atoms with Gasteiger partial charge in [-0.15, -0.1) is 11.3 Å². The molecule has 0 bridgehead atoms. The first-order valence-corrected chi connectivity index (χ1v) is 12.8. The second-order valence-electron chi connectivity index (χ2n) is 8.08. The number of nitrogens with two attached hydrogens (primary N) is 1. The van der Waals surface area contributed by atoms with Crippen molar-refractivity contribution in [3.05, 3.63) is 52.8 Å². The molecule has 4 heterocycles. The standard InChI is InChI=1S/C24H27N5S2/c1-15-27-14-23(31-15)22-11-16-3-2-4-18(19(16)13-28-22)24(25)20-12-26-8-5-21(20)29-17-6-9-30-10-7-17/h2-4,11,13-14,17,26H,5-10,12,25H2,1H3. The van der Waals surface area contributed by atoms with Crippen molar-refractivity contribution in [3.8, 4) is 10.6 Å². The number of hydrogen-bond donors (Lipinski definition) is 2.